The van der Waals surface area contributed by atoms with Gasteiger partial charge in [-0.15, -0.1) is 0 Å². The number of nitrogens with one attached hydrogen (secondary N) is 1. The Morgan fingerprint density at radius 3 is 2.55 bits per heavy atom. The number of aromatic amines is 1. The number of carbonyl (C=O) groups is 1. The summed E-state index contributed by atoms with van der Waals surface area (Å²) in [6, 6.07) is 20.8. The Labute approximate surface area is 185 Å². The number of nitrogens with zero attached hydrogens (tertiary/aromatic N) is 3. The van der Waals surface area contributed by atoms with Crippen LogP contribution in [0.3, 0.4) is 0 Å². The molecule has 0 fully saturated rings. The molecule has 4 aromatic rings. The zero-order chi connectivity index (χ0) is 22.0. The van der Waals surface area contributed by atoms with Crippen LogP contribution < -0.4 is 5.01 Å². The van der Waals surface area contributed by atoms with Crippen LogP contribution in [0.5, 0.6) is 0 Å². The predicted octanol–water partition coefficient (Wildman–Crippen LogP) is 4.52. The monoisotopic (exact) mass is 432 g/mol. The minimum absolute atomic E-state index is 0.0412. The minimum Gasteiger partial charge on any atom is -0.400 e. The van der Waals surface area contributed by atoms with Crippen LogP contribution in [-0.4, -0.2) is 47.6 Å². The number of aliphatic hydroxyl groups is 1. The van der Waals surface area contributed by atoms with Gasteiger partial charge in [0.1, 0.15) is 0 Å². The second-order valence-corrected chi connectivity index (χ2v) is 8.29. The lowest BCUT2D eigenvalue weighted by molar-refractivity contribution is 0.112. The van der Waals surface area contributed by atoms with Crippen molar-refractivity contribution >= 4 is 34.8 Å². The van der Waals surface area contributed by atoms with Gasteiger partial charge in [0.2, 0.25) is 0 Å². The smallest absolute Gasteiger partial charge is 0.152 e. The number of hydrogen-bond donors (Lipinski definition) is 2. The van der Waals surface area contributed by atoms with Crippen molar-refractivity contribution in [2.24, 2.45) is 0 Å². The van der Waals surface area contributed by atoms with Crippen LogP contribution in [0.15, 0.2) is 76.7 Å². The summed E-state index contributed by atoms with van der Waals surface area (Å²) >= 11 is 1.76. The van der Waals surface area contributed by atoms with Gasteiger partial charge in [-0.1, -0.05) is 36.0 Å². The highest BCUT2D eigenvalue weighted by Crippen LogP contribution is 2.44. The van der Waals surface area contributed by atoms with Gasteiger partial charge in [-0.05, 0) is 36.4 Å². The van der Waals surface area contributed by atoms with Crippen molar-refractivity contribution in [2.75, 3.05) is 26.2 Å². The molecule has 158 valence electrons. The number of aldehydes is 1. The summed E-state index contributed by atoms with van der Waals surface area (Å²) in [6.45, 7) is 0. The molecule has 0 aliphatic carbocycles. The van der Waals surface area contributed by atoms with Crippen molar-refractivity contribution < 1.29 is 9.90 Å². The van der Waals surface area contributed by atoms with Crippen LogP contribution in [0.25, 0.3) is 11.0 Å². The van der Waals surface area contributed by atoms with E-state index in [1.54, 1.807) is 24.0 Å². The number of aromatic nitrogens is 2. The molecule has 0 spiro atoms. The van der Waals surface area contributed by atoms with Crippen LogP contribution in [0.1, 0.15) is 27.7 Å². The highest BCUT2D eigenvalue weighted by Gasteiger charge is 2.34. The van der Waals surface area contributed by atoms with E-state index in [1.165, 1.54) is 21.0 Å². The Kier molecular flexibility index (Phi) is 6.08. The molecule has 2 N–H and O–H groups in total. The van der Waals surface area contributed by atoms with Crippen molar-refractivity contribution in [3.63, 3.8) is 0 Å². The Morgan fingerprint density at radius 1 is 1.03 bits per heavy atom. The fraction of sp³-hybridized carbons (Fsp3) is 0.167. The molecule has 0 bridgehead atoms. The van der Waals surface area contributed by atoms with E-state index >= 15 is 0 Å². The fourth-order valence-electron chi connectivity index (χ4n) is 3.95. The van der Waals surface area contributed by atoms with E-state index in [9.17, 15) is 4.79 Å². The summed E-state index contributed by atoms with van der Waals surface area (Å²) in [5.74, 6) is 0. The first-order chi connectivity index (χ1) is 15.2. The maximum atomic E-state index is 11.4. The molecule has 5 rings (SSSR count). The summed E-state index contributed by atoms with van der Waals surface area (Å²) in [5, 5.41) is 11.4. The van der Waals surface area contributed by atoms with Gasteiger partial charge in [-0.3, -0.25) is 9.78 Å². The van der Waals surface area contributed by atoms with E-state index in [-0.39, 0.29) is 6.04 Å². The van der Waals surface area contributed by atoms with Gasteiger partial charge in [0.05, 0.1) is 22.8 Å². The third kappa shape index (κ3) is 3.83. The third-order valence-corrected chi connectivity index (χ3v) is 6.46. The SMILES string of the molecule is CN1c2cc(Sc3ccccc3)ccc2C(c2cc3nccc(C=O)c3[nH]2)N1C.CO. The highest BCUT2D eigenvalue weighted by molar-refractivity contribution is 7.99. The number of carbonyl (C=O) groups excluding carboxylic acids is 1. The zero-order valence-electron chi connectivity index (χ0n) is 17.6. The second-order valence-electron chi connectivity index (χ2n) is 7.14. The van der Waals surface area contributed by atoms with E-state index in [0.29, 0.717) is 5.56 Å². The molecular weight excluding hydrogens is 408 g/mol. The Balaban J connectivity index is 0.00000112. The maximum absolute atomic E-state index is 11.4. The van der Waals surface area contributed by atoms with Crippen molar-refractivity contribution in [3.05, 3.63) is 83.7 Å². The van der Waals surface area contributed by atoms with Crippen LogP contribution >= 0.6 is 11.8 Å². The molecule has 0 saturated carbocycles. The van der Waals surface area contributed by atoms with Crippen molar-refractivity contribution in [3.8, 4) is 0 Å². The summed E-state index contributed by atoms with van der Waals surface area (Å²) in [4.78, 5) is 21.7. The predicted molar refractivity (Wildman–Crippen MR) is 125 cm³/mol. The number of H-pyrrole nitrogens is 1. The number of benzene rings is 2. The molecule has 1 aliphatic rings. The summed E-state index contributed by atoms with van der Waals surface area (Å²) in [5.41, 5.74) is 5.67. The number of pyridine rings is 1. The summed E-state index contributed by atoms with van der Waals surface area (Å²) < 4.78 is 0. The Morgan fingerprint density at radius 2 is 1.81 bits per heavy atom. The van der Waals surface area contributed by atoms with Crippen molar-refractivity contribution in [2.45, 2.75) is 15.8 Å². The fourth-order valence-corrected chi connectivity index (χ4v) is 4.82. The number of fused-ring (bicyclic) bond motifs is 2. The molecule has 31 heavy (non-hydrogen) atoms. The number of hydrogen-bond acceptors (Lipinski definition) is 6. The molecular formula is C24H24N4O2S. The van der Waals surface area contributed by atoms with E-state index in [4.69, 9.17) is 5.11 Å². The molecule has 2 aromatic carbocycles. The first kappa shape index (κ1) is 21.1. The minimum atomic E-state index is 0.0412. The largest absolute Gasteiger partial charge is 0.400 e. The molecule has 1 unspecified atom stereocenters. The highest BCUT2D eigenvalue weighted by atomic mass is 32.2. The quantitative estimate of drug-likeness (QED) is 0.462. The lowest BCUT2D eigenvalue weighted by Gasteiger charge is -2.26. The molecule has 0 amide bonds. The van der Waals surface area contributed by atoms with E-state index in [0.717, 1.165) is 30.1 Å². The van der Waals surface area contributed by atoms with E-state index in [2.05, 4.69) is 76.5 Å². The van der Waals surface area contributed by atoms with E-state index < -0.39 is 0 Å². The molecule has 7 heteroatoms. The first-order valence-corrected chi connectivity index (χ1v) is 10.7. The van der Waals surface area contributed by atoms with Gasteiger partial charge in [0.25, 0.3) is 0 Å². The van der Waals surface area contributed by atoms with Gasteiger partial charge < -0.3 is 15.1 Å². The lowest BCUT2D eigenvalue weighted by atomic mass is 10.0. The second kappa shape index (κ2) is 8.93. The summed E-state index contributed by atoms with van der Waals surface area (Å²) in [7, 11) is 5.15. The van der Waals surface area contributed by atoms with Crippen molar-refractivity contribution in [1.82, 2.24) is 15.0 Å². The average molecular weight is 433 g/mol. The Hall–Kier alpha value is -3.13. The molecule has 6 nitrogen and oxygen atoms in total. The first-order valence-electron chi connectivity index (χ1n) is 9.86. The van der Waals surface area contributed by atoms with Gasteiger partial charge >= 0.3 is 0 Å². The number of anilines is 1. The van der Waals surface area contributed by atoms with Gasteiger partial charge in [-0.2, -0.15) is 0 Å². The van der Waals surface area contributed by atoms with Crippen molar-refractivity contribution in [1.29, 1.82) is 0 Å². The van der Waals surface area contributed by atoms with Gasteiger partial charge in [-0.25, -0.2) is 5.01 Å². The van der Waals surface area contributed by atoms with Crippen LogP contribution in [0.4, 0.5) is 5.69 Å². The van der Waals surface area contributed by atoms with E-state index in [1.807, 2.05) is 12.1 Å². The van der Waals surface area contributed by atoms with Gasteiger partial charge in [0, 0.05) is 54.0 Å². The van der Waals surface area contributed by atoms with Crippen LogP contribution in [0.2, 0.25) is 0 Å². The third-order valence-electron chi connectivity index (χ3n) is 5.47. The zero-order valence-corrected chi connectivity index (χ0v) is 18.4. The molecule has 3 heterocycles. The number of rotatable bonds is 4. The molecule has 1 aliphatic heterocycles. The van der Waals surface area contributed by atoms with Crippen LogP contribution in [-0.2, 0) is 0 Å². The normalized spacial score (nSPS) is 15.5. The Bertz CT molecular complexity index is 1210. The lowest BCUT2D eigenvalue weighted by Crippen LogP contribution is -2.33. The van der Waals surface area contributed by atoms with Gasteiger partial charge in [0.15, 0.2) is 6.29 Å². The standard InChI is InChI=1S/C23H20N4OS.CH4O/c1-26-21-12-17(29-16-6-4-3-5-7-16)8-9-18(21)23(27(26)2)20-13-19-22(25-20)15(14-28)10-11-24-19;1-2/h3-14,23,25H,1-2H3;2H,1H3. The molecule has 1 atom stereocenters. The number of aliphatic hydroxyl groups excluding tert-OH is 1. The summed E-state index contributed by atoms with van der Waals surface area (Å²) in [6.07, 6.45) is 2.55. The average Bonchev–Trinajstić information content (AvgIpc) is 3.34. The topological polar surface area (TPSA) is 72.5 Å². The molecule has 0 saturated heterocycles. The molecule has 0 radical (unpaired) electrons. The maximum Gasteiger partial charge on any atom is 0.152 e. The number of hydrazine groups is 1. The molecule has 2 aromatic heterocycles. The van der Waals surface area contributed by atoms with Crippen LogP contribution in [0, 0.1) is 0 Å².